The lowest BCUT2D eigenvalue weighted by atomic mass is 10.1. The Kier molecular flexibility index (Phi) is 7.04. The smallest absolute Gasteiger partial charge is 0.254 e. The summed E-state index contributed by atoms with van der Waals surface area (Å²) in [6.07, 6.45) is 5.43. The minimum atomic E-state index is -0.138. The van der Waals surface area contributed by atoms with E-state index in [1.807, 2.05) is 4.57 Å². The lowest BCUT2D eigenvalue weighted by Gasteiger charge is -2.35. The molecule has 1 aromatic heterocycles. The SMILES string of the molecule is O=C(CCn1ccnc1)Nc1cccc(C(=O)N2CCN(C(=O)c3cccc(Cl)c3)CC2)c1. The van der Waals surface area contributed by atoms with Crippen molar-refractivity contribution in [1.29, 1.82) is 0 Å². The van der Waals surface area contributed by atoms with Crippen LogP contribution in [0.4, 0.5) is 5.69 Å². The largest absolute Gasteiger partial charge is 0.337 e. The molecule has 33 heavy (non-hydrogen) atoms. The lowest BCUT2D eigenvalue weighted by Crippen LogP contribution is -2.50. The molecule has 1 N–H and O–H groups in total. The summed E-state index contributed by atoms with van der Waals surface area (Å²) in [5.41, 5.74) is 1.61. The molecule has 9 heteroatoms. The number of carbonyl (C=O) groups excluding carboxylic acids is 3. The molecule has 3 amide bonds. The van der Waals surface area contributed by atoms with Gasteiger partial charge in [0, 0.05) is 73.4 Å². The average Bonchev–Trinajstić information content (AvgIpc) is 3.36. The zero-order chi connectivity index (χ0) is 23.2. The first-order valence-electron chi connectivity index (χ1n) is 10.7. The number of amides is 3. The van der Waals surface area contributed by atoms with Gasteiger partial charge in [-0.25, -0.2) is 4.98 Å². The Hall–Kier alpha value is -3.65. The number of imidazole rings is 1. The van der Waals surface area contributed by atoms with Gasteiger partial charge in [-0.3, -0.25) is 14.4 Å². The summed E-state index contributed by atoms with van der Waals surface area (Å²) in [7, 11) is 0. The molecule has 1 saturated heterocycles. The lowest BCUT2D eigenvalue weighted by molar-refractivity contribution is -0.116. The number of hydrogen-bond donors (Lipinski definition) is 1. The van der Waals surface area contributed by atoms with Crippen LogP contribution < -0.4 is 5.32 Å². The normalized spacial score (nSPS) is 13.6. The fraction of sp³-hybridized carbons (Fsp3) is 0.250. The number of piperazine rings is 1. The van der Waals surface area contributed by atoms with Crippen LogP contribution in [-0.4, -0.2) is 63.3 Å². The van der Waals surface area contributed by atoms with Crippen molar-refractivity contribution in [2.24, 2.45) is 0 Å². The van der Waals surface area contributed by atoms with Gasteiger partial charge in [0.2, 0.25) is 5.91 Å². The number of aromatic nitrogens is 2. The van der Waals surface area contributed by atoms with E-state index in [9.17, 15) is 14.4 Å². The number of halogens is 1. The molecule has 0 aliphatic carbocycles. The second-order valence-electron chi connectivity index (χ2n) is 7.77. The van der Waals surface area contributed by atoms with Crippen LogP contribution in [-0.2, 0) is 11.3 Å². The Morgan fingerprint density at radius 3 is 2.15 bits per heavy atom. The molecule has 1 aliphatic heterocycles. The molecule has 1 fully saturated rings. The molecule has 2 aromatic carbocycles. The van der Waals surface area contributed by atoms with Gasteiger partial charge in [0.15, 0.2) is 0 Å². The standard InChI is InChI=1S/C24H24ClN5O3/c25-20-5-1-3-18(15-20)23(32)29-11-13-30(14-12-29)24(33)19-4-2-6-21(16-19)27-22(31)7-9-28-10-8-26-17-28/h1-6,8,10,15-17H,7,9,11-14H2,(H,27,31). The van der Waals surface area contributed by atoms with Crippen molar-refractivity contribution in [2.45, 2.75) is 13.0 Å². The second kappa shape index (κ2) is 10.3. The maximum atomic E-state index is 13.0. The van der Waals surface area contributed by atoms with Crippen LogP contribution in [0.25, 0.3) is 0 Å². The zero-order valence-corrected chi connectivity index (χ0v) is 18.7. The van der Waals surface area contributed by atoms with E-state index in [4.69, 9.17) is 11.6 Å². The van der Waals surface area contributed by atoms with Crippen LogP contribution in [0.2, 0.25) is 5.02 Å². The fourth-order valence-electron chi connectivity index (χ4n) is 3.70. The molecule has 0 radical (unpaired) electrons. The Bertz CT molecular complexity index is 1140. The molecule has 0 saturated carbocycles. The summed E-state index contributed by atoms with van der Waals surface area (Å²) < 4.78 is 1.83. The van der Waals surface area contributed by atoms with E-state index in [2.05, 4.69) is 10.3 Å². The van der Waals surface area contributed by atoms with Crippen molar-refractivity contribution >= 4 is 35.0 Å². The summed E-state index contributed by atoms with van der Waals surface area (Å²) >= 11 is 5.99. The van der Waals surface area contributed by atoms with Crippen molar-refractivity contribution in [3.63, 3.8) is 0 Å². The number of rotatable bonds is 6. The van der Waals surface area contributed by atoms with Crippen LogP contribution in [0.5, 0.6) is 0 Å². The molecule has 0 spiro atoms. The molecule has 0 atom stereocenters. The summed E-state index contributed by atoms with van der Waals surface area (Å²) in [5.74, 6) is -0.356. The highest BCUT2D eigenvalue weighted by Crippen LogP contribution is 2.17. The van der Waals surface area contributed by atoms with E-state index in [0.29, 0.717) is 61.0 Å². The van der Waals surface area contributed by atoms with Gasteiger partial charge in [-0.05, 0) is 36.4 Å². The van der Waals surface area contributed by atoms with Crippen LogP contribution in [0.3, 0.4) is 0 Å². The van der Waals surface area contributed by atoms with Crippen molar-refractivity contribution in [3.05, 3.63) is 83.4 Å². The molecule has 4 rings (SSSR count). The number of anilines is 1. The molecular weight excluding hydrogens is 442 g/mol. The zero-order valence-electron chi connectivity index (χ0n) is 18.0. The van der Waals surface area contributed by atoms with Gasteiger partial charge in [-0.1, -0.05) is 23.7 Å². The summed E-state index contributed by atoms with van der Waals surface area (Å²) in [6.45, 7) is 2.30. The van der Waals surface area contributed by atoms with Crippen LogP contribution in [0, 0.1) is 0 Å². The maximum Gasteiger partial charge on any atom is 0.254 e. The fourth-order valence-corrected chi connectivity index (χ4v) is 3.89. The number of nitrogens with one attached hydrogen (secondary N) is 1. The minimum absolute atomic E-state index is 0.0926. The number of benzene rings is 2. The van der Waals surface area contributed by atoms with E-state index in [-0.39, 0.29) is 17.7 Å². The molecule has 0 bridgehead atoms. The van der Waals surface area contributed by atoms with E-state index in [1.165, 1.54) is 0 Å². The van der Waals surface area contributed by atoms with Gasteiger partial charge < -0.3 is 19.7 Å². The molecule has 0 unspecified atom stereocenters. The highest BCUT2D eigenvalue weighted by Gasteiger charge is 2.25. The summed E-state index contributed by atoms with van der Waals surface area (Å²) in [5, 5.41) is 3.36. The van der Waals surface area contributed by atoms with Gasteiger partial charge in [0.05, 0.1) is 6.33 Å². The first-order valence-corrected chi connectivity index (χ1v) is 11.1. The van der Waals surface area contributed by atoms with Crippen LogP contribution in [0.15, 0.2) is 67.3 Å². The van der Waals surface area contributed by atoms with Gasteiger partial charge in [0.25, 0.3) is 11.8 Å². The number of aryl methyl sites for hydroxylation is 1. The Balaban J connectivity index is 1.31. The van der Waals surface area contributed by atoms with Crippen LogP contribution in [0.1, 0.15) is 27.1 Å². The van der Waals surface area contributed by atoms with E-state index >= 15 is 0 Å². The van der Waals surface area contributed by atoms with E-state index in [0.717, 1.165) is 0 Å². The molecule has 3 aromatic rings. The highest BCUT2D eigenvalue weighted by atomic mass is 35.5. The monoisotopic (exact) mass is 465 g/mol. The van der Waals surface area contributed by atoms with E-state index < -0.39 is 0 Å². The van der Waals surface area contributed by atoms with Gasteiger partial charge >= 0.3 is 0 Å². The van der Waals surface area contributed by atoms with Crippen molar-refractivity contribution in [1.82, 2.24) is 19.4 Å². The van der Waals surface area contributed by atoms with Gasteiger partial charge in [0.1, 0.15) is 0 Å². The molecule has 2 heterocycles. The Labute approximate surface area is 196 Å². The van der Waals surface area contributed by atoms with Crippen molar-refractivity contribution in [2.75, 3.05) is 31.5 Å². The topological polar surface area (TPSA) is 87.5 Å². The summed E-state index contributed by atoms with van der Waals surface area (Å²) in [6, 6.07) is 13.8. The molecular formula is C24H24ClN5O3. The quantitative estimate of drug-likeness (QED) is 0.605. The van der Waals surface area contributed by atoms with Crippen molar-refractivity contribution in [3.8, 4) is 0 Å². The molecule has 170 valence electrons. The predicted molar refractivity (Wildman–Crippen MR) is 125 cm³/mol. The van der Waals surface area contributed by atoms with Crippen molar-refractivity contribution < 1.29 is 14.4 Å². The van der Waals surface area contributed by atoms with E-state index in [1.54, 1.807) is 77.1 Å². The summed E-state index contributed by atoms with van der Waals surface area (Å²) in [4.78, 5) is 45.3. The maximum absolute atomic E-state index is 13.0. The minimum Gasteiger partial charge on any atom is -0.337 e. The number of nitrogens with zero attached hydrogens (tertiary/aromatic N) is 4. The number of hydrogen-bond acceptors (Lipinski definition) is 4. The Morgan fingerprint density at radius 1 is 0.909 bits per heavy atom. The van der Waals surface area contributed by atoms with Crippen LogP contribution >= 0.6 is 11.6 Å². The molecule has 1 aliphatic rings. The first kappa shape index (κ1) is 22.5. The third-order valence-corrected chi connectivity index (χ3v) is 5.71. The average molecular weight is 466 g/mol. The third kappa shape index (κ3) is 5.78. The Morgan fingerprint density at radius 2 is 1.55 bits per heavy atom. The number of carbonyl (C=O) groups is 3. The third-order valence-electron chi connectivity index (χ3n) is 5.48. The first-order chi connectivity index (χ1) is 16.0. The predicted octanol–water partition coefficient (Wildman–Crippen LogP) is 3.16. The second-order valence-corrected chi connectivity index (χ2v) is 8.21. The van der Waals surface area contributed by atoms with Gasteiger partial charge in [-0.15, -0.1) is 0 Å². The molecule has 8 nitrogen and oxygen atoms in total. The highest BCUT2D eigenvalue weighted by molar-refractivity contribution is 6.30. The van der Waals surface area contributed by atoms with Gasteiger partial charge in [-0.2, -0.15) is 0 Å².